The Balaban J connectivity index is 0.000000397. The molecule has 0 spiro atoms. The summed E-state index contributed by atoms with van der Waals surface area (Å²) < 4.78 is 9.89. The first-order chi connectivity index (χ1) is 13.2. The van der Waals surface area contributed by atoms with Gasteiger partial charge >= 0.3 is 23.9 Å². The van der Waals surface area contributed by atoms with Crippen LogP contribution in [-0.2, 0) is 9.47 Å². The first-order valence-corrected chi connectivity index (χ1v) is 7.93. The lowest BCUT2D eigenvalue weighted by molar-refractivity contribution is -0.0334. The van der Waals surface area contributed by atoms with Gasteiger partial charge in [-0.3, -0.25) is 0 Å². The molecule has 28 heavy (non-hydrogen) atoms. The molecular formula is C18H16O10. The normalized spacial score (nSPS) is 13.3. The number of hydrogen-bond donors (Lipinski definition) is 4. The fourth-order valence-electron chi connectivity index (χ4n) is 2.50. The summed E-state index contributed by atoms with van der Waals surface area (Å²) in [4.78, 5) is 44.4. The monoisotopic (exact) mass is 392 g/mol. The summed E-state index contributed by atoms with van der Waals surface area (Å²) in [7, 11) is 0. The lowest BCUT2D eigenvalue weighted by Gasteiger charge is -2.09. The maximum absolute atomic E-state index is 11.1. The number of rotatable bonds is 4. The van der Waals surface area contributed by atoms with Gasteiger partial charge in [-0.15, -0.1) is 0 Å². The fourth-order valence-corrected chi connectivity index (χ4v) is 2.50. The van der Waals surface area contributed by atoms with E-state index in [0.717, 1.165) is 50.7 Å². The molecule has 0 unspecified atom stereocenters. The second-order valence-electron chi connectivity index (χ2n) is 5.59. The standard InChI is InChI=1S/C14H8O8.C4H8O2/c15-11(16)7-1-5-2-9(13(19)20)10(14(21)22)4-6(5)3-8(7)12(17)18;1-2-6-4-3-5-1/h1-4H,(H,15,16)(H,17,18)(H,19,20)(H,21,22);1-4H2. The van der Waals surface area contributed by atoms with Crippen LogP contribution in [0.2, 0.25) is 0 Å². The topological polar surface area (TPSA) is 168 Å². The predicted molar refractivity (Wildman–Crippen MR) is 93.4 cm³/mol. The number of ether oxygens (including phenoxy) is 2. The Hall–Kier alpha value is -3.50. The Labute approximate surface area is 157 Å². The lowest BCUT2D eigenvalue weighted by Crippen LogP contribution is -2.16. The van der Waals surface area contributed by atoms with Crippen LogP contribution in [0.3, 0.4) is 0 Å². The van der Waals surface area contributed by atoms with Crippen LogP contribution in [0.4, 0.5) is 0 Å². The van der Waals surface area contributed by atoms with E-state index in [1.807, 2.05) is 0 Å². The molecule has 0 aliphatic carbocycles. The number of hydrogen-bond acceptors (Lipinski definition) is 6. The molecule has 10 heteroatoms. The van der Waals surface area contributed by atoms with Crippen molar-refractivity contribution in [3.05, 3.63) is 46.5 Å². The molecule has 1 saturated heterocycles. The smallest absolute Gasteiger partial charge is 0.336 e. The summed E-state index contributed by atoms with van der Waals surface area (Å²) >= 11 is 0. The van der Waals surface area contributed by atoms with Crippen molar-refractivity contribution in [3.8, 4) is 0 Å². The maximum Gasteiger partial charge on any atom is 0.336 e. The number of aromatic carboxylic acids is 4. The fraction of sp³-hybridized carbons (Fsp3) is 0.222. The molecule has 4 N–H and O–H groups in total. The largest absolute Gasteiger partial charge is 0.478 e. The van der Waals surface area contributed by atoms with Gasteiger partial charge in [-0.2, -0.15) is 0 Å². The minimum Gasteiger partial charge on any atom is -0.478 e. The van der Waals surface area contributed by atoms with Crippen LogP contribution >= 0.6 is 0 Å². The van der Waals surface area contributed by atoms with Crippen molar-refractivity contribution in [1.29, 1.82) is 0 Å². The average molecular weight is 392 g/mol. The van der Waals surface area contributed by atoms with Gasteiger partial charge in [-0.25, -0.2) is 19.2 Å². The summed E-state index contributed by atoms with van der Waals surface area (Å²) in [5.41, 5.74) is -2.06. The Morgan fingerprint density at radius 3 is 0.893 bits per heavy atom. The van der Waals surface area contributed by atoms with E-state index in [1.54, 1.807) is 0 Å². The van der Waals surface area contributed by atoms with Gasteiger partial charge in [0.2, 0.25) is 0 Å². The van der Waals surface area contributed by atoms with E-state index < -0.39 is 46.1 Å². The van der Waals surface area contributed by atoms with Crippen LogP contribution in [0.15, 0.2) is 24.3 Å². The first-order valence-electron chi connectivity index (χ1n) is 7.93. The number of benzene rings is 2. The van der Waals surface area contributed by atoms with E-state index in [1.165, 1.54) is 0 Å². The van der Waals surface area contributed by atoms with Gasteiger partial charge in [0.1, 0.15) is 0 Å². The molecule has 1 heterocycles. The Morgan fingerprint density at radius 2 is 0.750 bits per heavy atom. The predicted octanol–water partition coefficient (Wildman–Crippen LogP) is 1.67. The van der Waals surface area contributed by atoms with Gasteiger partial charge in [0.15, 0.2) is 0 Å². The Bertz CT molecular complexity index is 794. The van der Waals surface area contributed by atoms with Crippen LogP contribution < -0.4 is 0 Å². The highest BCUT2D eigenvalue weighted by atomic mass is 16.6. The summed E-state index contributed by atoms with van der Waals surface area (Å²) in [6, 6.07) is 4.00. The number of carboxylic acid groups (broad SMARTS) is 4. The molecule has 1 aliphatic rings. The molecule has 0 saturated carbocycles. The molecule has 10 nitrogen and oxygen atoms in total. The van der Waals surface area contributed by atoms with Crippen molar-refractivity contribution in [2.45, 2.75) is 0 Å². The zero-order valence-electron chi connectivity index (χ0n) is 14.4. The summed E-state index contributed by atoms with van der Waals surface area (Å²) in [5, 5.41) is 36.3. The Kier molecular flexibility index (Phi) is 6.64. The molecular weight excluding hydrogens is 376 g/mol. The molecule has 0 atom stereocenters. The third-order valence-electron chi connectivity index (χ3n) is 3.78. The van der Waals surface area contributed by atoms with Crippen LogP contribution in [-0.4, -0.2) is 70.7 Å². The second-order valence-corrected chi connectivity index (χ2v) is 5.59. The Morgan fingerprint density at radius 1 is 0.536 bits per heavy atom. The van der Waals surface area contributed by atoms with Gasteiger partial charge in [-0.05, 0) is 35.0 Å². The highest BCUT2D eigenvalue weighted by molar-refractivity contribution is 6.10. The van der Waals surface area contributed by atoms with Crippen molar-refractivity contribution >= 4 is 34.6 Å². The summed E-state index contributed by atoms with van der Waals surface area (Å²) in [5.74, 6) is -5.95. The van der Waals surface area contributed by atoms with E-state index in [-0.39, 0.29) is 10.8 Å². The van der Waals surface area contributed by atoms with Crippen molar-refractivity contribution in [2.75, 3.05) is 26.4 Å². The molecule has 3 rings (SSSR count). The molecule has 0 amide bonds. The molecule has 2 aromatic carbocycles. The molecule has 0 aromatic heterocycles. The zero-order chi connectivity index (χ0) is 20.8. The van der Waals surface area contributed by atoms with Gasteiger partial charge in [0.05, 0.1) is 48.7 Å². The summed E-state index contributed by atoms with van der Waals surface area (Å²) in [6.07, 6.45) is 0. The SMILES string of the molecule is C1COCCO1.O=C(O)c1cc2cc(C(=O)O)c(C(=O)O)cc2cc1C(=O)O. The number of fused-ring (bicyclic) bond motifs is 1. The van der Waals surface area contributed by atoms with Crippen molar-refractivity contribution in [3.63, 3.8) is 0 Å². The molecule has 1 aliphatic heterocycles. The van der Waals surface area contributed by atoms with Gasteiger partial charge < -0.3 is 29.9 Å². The highest BCUT2D eigenvalue weighted by Crippen LogP contribution is 2.25. The minimum atomic E-state index is -1.49. The third-order valence-corrected chi connectivity index (χ3v) is 3.78. The van der Waals surface area contributed by atoms with Crippen molar-refractivity contribution < 1.29 is 49.1 Å². The molecule has 0 radical (unpaired) electrons. The van der Waals surface area contributed by atoms with E-state index >= 15 is 0 Å². The van der Waals surface area contributed by atoms with Gasteiger partial charge in [0.25, 0.3) is 0 Å². The van der Waals surface area contributed by atoms with Crippen molar-refractivity contribution in [1.82, 2.24) is 0 Å². The van der Waals surface area contributed by atoms with Crippen LogP contribution in [0, 0.1) is 0 Å². The zero-order valence-corrected chi connectivity index (χ0v) is 14.4. The van der Waals surface area contributed by atoms with Crippen molar-refractivity contribution in [2.24, 2.45) is 0 Å². The van der Waals surface area contributed by atoms with E-state index in [2.05, 4.69) is 0 Å². The van der Waals surface area contributed by atoms with Crippen LogP contribution in [0.5, 0.6) is 0 Å². The molecule has 1 fully saturated rings. The second kappa shape index (κ2) is 8.93. The average Bonchev–Trinajstić information content (AvgIpc) is 2.67. The quantitative estimate of drug-likeness (QED) is 0.600. The number of carbonyl (C=O) groups is 4. The molecule has 2 aromatic rings. The highest BCUT2D eigenvalue weighted by Gasteiger charge is 2.21. The lowest BCUT2D eigenvalue weighted by atomic mass is 9.96. The van der Waals surface area contributed by atoms with Crippen LogP contribution in [0.1, 0.15) is 41.4 Å². The van der Waals surface area contributed by atoms with Gasteiger partial charge in [0, 0.05) is 0 Å². The minimum absolute atomic E-state index is 0.116. The van der Waals surface area contributed by atoms with E-state index in [4.69, 9.17) is 29.9 Å². The van der Waals surface area contributed by atoms with E-state index in [9.17, 15) is 19.2 Å². The number of carboxylic acids is 4. The third kappa shape index (κ3) is 4.81. The van der Waals surface area contributed by atoms with Crippen LogP contribution in [0.25, 0.3) is 10.8 Å². The summed E-state index contributed by atoms with van der Waals surface area (Å²) in [6.45, 7) is 3.11. The molecule has 0 bridgehead atoms. The maximum atomic E-state index is 11.1. The first kappa shape index (κ1) is 20.8. The van der Waals surface area contributed by atoms with E-state index in [0.29, 0.717) is 0 Å². The molecule has 148 valence electrons. The van der Waals surface area contributed by atoms with Gasteiger partial charge in [-0.1, -0.05) is 0 Å².